The van der Waals surface area contributed by atoms with E-state index in [0.717, 1.165) is 4.90 Å². The fourth-order valence-corrected chi connectivity index (χ4v) is 2.13. The zero-order valence-corrected chi connectivity index (χ0v) is 11.7. The largest absolute Gasteiger partial charge is 0.406 e. The second-order valence-electron chi connectivity index (χ2n) is 5.33. The van der Waals surface area contributed by atoms with Gasteiger partial charge >= 0.3 is 6.18 Å². The van der Waals surface area contributed by atoms with Crippen LogP contribution < -0.4 is 0 Å². The Morgan fingerprint density at radius 2 is 2.10 bits per heavy atom. The first kappa shape index (κ1) is 15.3. The van der Waals surface area contributed by atoms with E-state index in [0.29, 0.717) is 11.0 Å². The van der Waals surface area contributed by atoms with Crippen molar-refractivity contribution in [3.63, 3.8) is 0 Å². The van der Waals surface area contributed by atoms with Crippen LogP contribution in [0, 0.1) is 5.92 Å². The normalized spacial score (nSPS) is 12.1. The molecule has 7 heteroatoms. The minimum absolute atomic E-state index is 0.0489. The van der Waals surface area contributed by atoms with Crippen molar-refractivity contribution in [3.8, 4) is 0 Å². The molecular formula is C14H16F3N3O. The number of carbonyl (C=O) groups is 1. The van der Waals surface area contributed by atoms with Crippen LogP contribution in [0.3, 0.4) is 0 Å². The molecule has 1 N–H and O–H groups in total. The summed E-state index contributed by atoms with van der Waals surface area (Å²) in [6.07, 6.45) is -2.94. The third-order valence-corrected chi connectivity index (χ3v) is 2.91. The molecule has 0 aliphatic rings. The van der Waals surface area contributed by atoms with Gasteiger partial charge in [-0.2, -0.15) is 13.2 Å². The van der Waals surface area contributed by atoms with Crippen LogP contribution in [-0.4, -0.2) is 40.0 Å². The van der Waals surface area contributed by atoms with Crippen molar-refractivity contribution in [2.45, 2.75) is 20.0 Å². The number of hydrogen-bond acceptors (Lipinski definition) is 2. The number of hydrogen-bond donors (Lipinski definition) is 1. The van der Waals surface area contributed by atoms with Crippen molar-refractivity contribution in [3.05, 3.63) is 30.1 Å². The first-order valence-electron chi connectivity index (χ1n) is 6.55. The molecule has 21 heavy (non-hydrogen) atoms. The maximum absolute atomic E-state index is 12.6. The first-order chi connectivity index (χ1) is 9.76. The van der Waals surface area contributed by atoms with Gasteiger partial charge in [0.15, 0.2) is 0 Å². The van der Waals surface area contributed by atoms with Gasteiger partial charge in [-0.3, -0.25) is 4.79 Å². The highest BCUT2D eigenvalue weighted by Crippen LogP contribution is 2.20. The maximum Gasteiger partial charge on any atom is 0.406 e. The lowest BCUT2D eigenvalue weighted by Crippen LogP contribution is -2.41. The number of fused-ring (bicyclic) bond motifs is 1. The average molecular weight is 299 g/mol. The Morgan fingerprint density at radius 3 is 2.71 bits per heavy atom. The summed E-state index contributed by atoms with van der Waals surface area (Å²) >= 11 is 0. The van der Waals surface area contributed by atoms with E-state index in [9.17, 15) is 18.0 Å². The number of nitrogens with one attached hydrogen (secondary N) is 1. The predicted octanol–water partition coefficient (Wildman–Crippen LogP) is 3.22. The molecule has 2 rings (SSSR count). The van der Waals surface area contributed by atoms with Gasteiger partial charge in [0.2, 0.25) is 0 Å². The molecule has 0 fully saturated rings. The summed E-state index contributed by atoms with van der Waals surface area (Å²) in [6.45, 7) is 2.36. The summed E-state index contributed by atoms with van der Waals surface area (Å²) in [4.78, 5) is 20.0. The lowest BCUT2D eigenvalue weighted by molar-refractivity contribution is -0.141. The molecule has 0 atom stereocenters. The van der Waals surface area contributed by atoms with E-state index in [-0.39, 0.29) is 18.0 Å². The van der Waals surface area contributed by atoms with E-state index >= 15 is 0 Å². The van der Waals surface area contributed by atoms with E-state index in [1.807, 2.05) is 0 Å². The topological polar surface area (TPSA) is 49.0 Å². The van der Waals surface area contributed by atoms with Crippen molar-refractivity contribution < 1.29 is 18.0 Å². The van der Waals surface area contributed by atoms with Gasteiger partial charge in [0.05, 0.1) is 17.4 Å². The van der Waals surface area contributed by atoms with Crippen LogP contribution >= 0.6 is 0 Å². The lowest BCUT2D eigenvalue weighted by atomic mass is 10.1. The number of aromatic amines is 1. The molecule has 0 saturated carbocycles. The summed E-state index contributed by atoms with van der Waals surface area (Å²) in [6, 6.07) is 4.63. The summed E-state index contributed by atoms with van der Waals surface area (Å²) in [5, 5.41) is 0. The Bertz CT molecular complexity index is 634. The van der Waals surface area contributed by atoms with Crippen LogP contribution in [-0.2, 0) is 0 Å². The molecule has 1 amide bonds. The first-order valence-corrected chi connectivity index (χ1v) is 6.55. The van der Waals surface area contributed by atoms with E-state index in [2.05, 4.69) is 9.97 Å². The highest BCUT2D eigenvalue weighted by molar-refractivity contribution is 5.97. The number of amides is 1. The Kier molecular flexibility index (Phi) is 4.20. The zero-order valence-electron chi connectivity index (χ0n) is 11.7. The van der Waals surface area contributed by atoms with Gasteiger partial charge in [-0.25, -0.2) is 4.98 Å². The van der Waals surface area contributed by atoms with Crippen LogP contribution in [0.1, 0.15) is 24.2 Å². The molecule has 0 radical (unpaired) electrons. The number of alkyl halides is 3. The molecule has 0 bridgehead atoms. The van der Waals surface area contributed by atoms with Crippen molar-refractivity contribution in [1.29, 1.82) is 0 Å². The molecule has 0 aliphatic heterocycles. The monoisotopic (exact) mass is 299 g/mol. The second-order valence-corrected chi connectivity index (χ2v) is 5.33. The quantitative estimate of drug-likeness (QED) is 0.942. The van der Waals surface area contributed by atoms with Crippen LogP contribution in [0.4, 0.5) is 13.2 Å². The smallest absolute Gasteiger partial charge is 0.345 e. The molecule has 0 unspecified atom stereocenters. The number of rotatable bonds is 4. The summed E-state index contributed by atoms with van der Waals surface area (Å²) in [5.74, 6) is -0.676. The van der Waals surface area contributed by atoms with Gasteiger partial charge < -0.3 is 9.88 Å². The number of halogens is 3. The van der Waals surface area contributed by atoms with Gasteiger partial charge in [-0.15, -0.1) is 0 Å². The molecule has 4 nitrogen and oxygen atoms in total. The number of carbonyl (C=O) groups excluding carboxylic acids is 1. The fraction of sp³-hybridized carbons (Fsp3) is 0.429. The molecule has 1 heterocycles. The minimum atomic E-state index is -4.41. The number of H-pyrrole nitrogens is 1. The van der Waals surface area contributed by atoms with E-state index in [1.54, 1.807) is 19.9 Å². The summed E-state index contributed by atoms with van der Waals surface area (Å²) in [7, 11) is 0. The SMILES string of the molecule is CC(C)CN(CC(F)(F)F)C(=O)c1ccc2nc[nH]c2c1. The zero-order chi connectivity index (χ0) is 15.6. The lowest BCUT2D eigenvalue weighted by Gasteiger charge is -2.25. The van der Waals surface area contributed by atoms with Gasteiger partial charge in [-0.05, 0) is 24.1 Å². The van der Waals surface area contributed by atoms with Crippen LogP contribution in [0.25, 0.3) is 11.0 Å². The van der Waals surface area contributed by atoms with Crippen LogP contribution in [0.15, 0.2) is 24.5 Å². The summed E-state index contributed by atoms with van der Waals surface area (Å²) in [5.41, 5.74) is 1.51. The minimum Gasteiger partial charge on any atom is -0.345 e. The average Bonchev–Trinajstić information content (AvgIpc) is 2.81. The van der Waals surface area contributed by atoms with Gasteiger partial charge in [0.1, 0.15) is 6.54 Å². The highest BCUT2D eigenvalue weighted by atomic mass is 19.4. The molecule has 0 saturated heterocycles. The van der Waals surface area contributed by atoms with Crippen LogP contribution in [0.2, 0.25) is 0 Å². The molecule has 1 aromatic carbocycles. The van der Waals surface area contributed by atoms with Crippen molar-refractivity contribution in [1.82, 2.24) is 14.9 Å². The van der Waals surface area contributed by atoms with Gasteiger partial charge in [0, 0.05) is 12.1 Å². The molecular weight excluding hydrogens is 283 g/mol. The van der Waals surface area contributed by atoms with Gasteiger partial charge in [0.25, 0.3) is 5.91 Å². The van der Waals surface area contributed by atoms with E-state index in [1.165, 1.54) is 18.5 Å². The van der Waals surface area contributed by atoms with Crippen molar-refractivity contribution in [2.24, 2.45) is 5.92 Å². The van der Waals surface area contributed by atoms with Crippen molar-refractivity contribution >= 4 is 16.9 Å². The molecule has 114 valence electrons. The Morgan fingerprint density at radius 1 is 1.38 bits per heavy atom. The molecule has 2 aromatic rings. The maximum atomic E-state index is 12.6. The molecule has 0 aliphatic carbocycles. The number of benzene rings is 1. The highest BCUT2D eigenvalue weighted by Gasteiger charge is 2.33. The third-order valence-electron chi connectivity index (χ3n) is 2.91. The Balaban J connectivity index is 2.27. The standard InChI is InChI=1S/C14H16F3N3O/c1-9(2)6-20(7-14(15,16)17)13(21)10-3-4-11-12(5-10)19-8-18-11/h3-5,8-9H,6-7H2,1-2H3,(H,18,19). The van der Waals surface area contributed by atoms with Gasteiger partial charge in [-0.1, -0.05) is 13.8 Å². The molecule has 0 spiro atoms. The second kappa shape index (κ2) is 5.75. The number of imidazole rings is 1. The van der Waals surface area contributed by atoms with Crippen molar-refractivity contribution in [2.75, 3.05) is 13.1 Å². The predicted molar refractivity (Wildman–Crippen MR) is 72.9 cm³/mol. The van der Waals surface area contributed by atoms with E-state index < -0.39 is 18.6 Å². The number of nitrogens with zero attached hydrogens (tertiary/aromatic N) is 2. The summed E-state index contributed by atoms with van der Waals surface area (Å²) < 4.78 is 37.9. The number of aromatic nitrogens is 2. The van der Waals surface area contributed by atoms with Crippen LogP contribution in [0.5, 0.6) is 0 Å². The third kappa shape index (κ3) is 3.96. The Labute approximate surface area is 120 Å². The fourth-order valence-electron chi connectivity index (χ4n) is 2.13. The Hall–Kier alpha value is -2.05. The van der Waals surface area contributed by atoms with E-state index in [4.69, 9.17) is 0 Å². The molecule has 1 aromatic heterocycles.